The first-order chi connectivity index (χ1) is 18.8. The lowest BCUT2D eigenvalue weighted by molar-refractivity contribution is -0.576. The van der Waals surface area contributed by atoms with Crippen LogP contribution in [0.25, 0.3) is 0 Å². The Balaban J connectivity index is 1.35. The summed E-state index contributed by atoms with van der Waals surface area (Å²) in [5, 5.41) is 14.1. The molecule has 1 spiro atoms. The maximum Gasteiger partial charge on any atom is 0.325 e. The molecule has 12 nitrogen and oxygen atoms in total. The van der Waals surface area contributed by atoms with Gasteiger partial charge in [0, 0.05) is 24.7 Å². The van der Waals surface area contributed by atoms with Gasteiger partial charge in [-0.2, -0.15) is 0 Å². The molecule has 10 atom stereocenters. The topological polar surface area (TPSA) is 159 Å². The van der Waals surface area contributed by atoms with E-state index in [-0.39, 0.29) is 36.5 Å². The van der Waals surface area contributed by atoms with Crippen LogP contribution >= 0.6 is 0 Å². The molecule has 4 aliphatic heterocycles. The normalized spacial score (nSPS) is 38.0. The third kappa shape index (κ3) is 6.14. The number of carboxylic acids is 1. The highest BCUT2D eigenvalue weighted by Gasteiger charge is 2.69. The zero-order valence-electron chi connectivity index (χ0n) is 24.3. The summed E-state index contributed by atoms with van der Waals surface area (Å²) in [6.07, 6.45) is 1.75. The Morgan fingerprint density at radius 3 is 2.40 bits per heavy atom. The van der Waals surface area contributed by atoms with Crippen LogP contribution < -0.4 is 10.6 Å². The van der Waals surface area contributed by atoms with Gasteiger partial charge in [-0.3, -0.25) is 19.2 Å². The molecule has 0 aromatic rings. The van der Waals surface area contributed by atoms with Crippen molar-refractivity contribution in [3.8, 4) is 0 Å². The van der Waals surface area contributed by atoms with E-state index < -0.39 is 59.8 Å². The summed E-state index contributed by atoms with van der Waals surface area (Å²) in [7, 11) is 0. The number of rotatable bonds is 10. The van der Waals surface area contributed by atoms with Gasteiger partial charge in [0.05, 0.1) is 6.42 Å². The average molecular weight is 569 g/mol. The summed E-state index contributed by atoms with van der Waals surface area (Å²) in [5.74, 6) is -3.33. The van der Waals surface area contributed by atoms with Crippen molar-refractivity contribution in [2.45, 2.75) is 123 Å². The van der Waals surface area contributed by atoms with Crippen LogP contribution in [0.1, 0.15) is 86.5 Å². The van der Waals surface area contributed by atoms with E-state index in [4.69, 9.17) is 29.1 Å². The Kier molecular flexibility index (Phi) is 9.13. The molecule has 0 aromatic heterocycles. The van der Waals surface area contributed by atoms with Crippen molar-refractivity contribution in [3.63, 3.8) is 0 Å². The number of carbonyl (C=O) groups excluding carboxylic acids is 3. The maximum atomic E-state index is 12.8. The fourth-order valence-corrected chi connectivity index (χ4v) is 6.76. The van der Waals surface area contributed by atoms with Gasteiger partial charge in [0.2, 0.25) is 23.9 Å². The van der Waals surface area contributed by atoms with Crippen molar-refractivity contribution in [2.24, 2.45) is 29.6 Å². The van der Waals surface area contributed by atoms with Gasteiger partial charge in [-0.05, 0) is 57.3 Å². The minimum atomic E-state index is -1.18. The Labute approximate surface area is 235 Å². The largest absolute Gasteiger partial charge is 0.480 e. The van der Waals surface area contributed by atoms with E-state index in [9.17, 15) is 19.2 Å². The van der Waals surface area contributed by atoms with Gasteiger partial charge >= 0.3 is 11.9 Å². The lowest BCUT2D eigenvalue weighted by Crippen LogP contribution is -2.70. The van der Waals surface area contributed by atoms with Crippen molar-refractivity contribution < 1.29 is 48.3 Å². The number of esters is 1. The lowest BCUT2D eigenvalue weighted by Gasteiger charge is -2.59. The minimum absolute atomic E-state index is 0.000281. The van der Waals surface area contributed by atoms with Crippen LogP contribution in [-0.4, -0.2) is 64.9 Å². The van der Waals surface area contributed by atoms with E-state index in [0.717, 1.165) is 19.3 Å². The zero-order valence-corrected chi connectivity index (χ0v) is 24.3. The fraction of sp³-hybridized carbons (Fsp3) is 0.857. The third-order valence-electron chi connectivity index (χ3n) is 8.99. The van der Waals surface area contributed by atoms with E-state index in [2.05, 4.69) is 17.6 Å². The second-order valence-electron chi connectivity index (χ2n) is 12.6. The molecule has 4 heterocycles. The molecule has 1 saturated carbocycles. The van der Waals surface area contributed by atoms with E-state index in [1.165, 1.54) is 6.92 Å². The number of fused-ring (bicyclic) bond motifs is 2. The highest BCUT2D eigenvalue weighted by molar-refractivity contribution is 5.91. The zero-order chi connectivity index (χ0) is 29.4. The van der Waals surface area contributed by atoms with Crippen LogP contribution in [0.2, 0.25) is 0 Å². The summed E-state index contributed by atoms with van der Waals surface area (Å²) in [4.78, 5) is 61.0. The second-order valence-corrected chi connectivity index (χ2v) is 12.6. The molecule has 1 aliphatic carbocycles. The van der Waals surface area contributed by atoms with E-state index in [1.54, 1.807) is 0 Å². The Bertz CT molecular complexity index is 990. The molecule has 2 amide bonds. The summed E-state index contributed by atoms with van der Waals surface area (Å²) in [6.45, 7) is 11.1. The Hall–Kier alpha value is -2.28. The van der Waals surface area contributed by atoms with Crippen LogP contribution in [0.4, 0.5) is 0 Å². The predicted octanol–water partition coefficient (Wildman–Crippen LogP) is 2.64. The van der Waals surface area contributed by atoms with Crippen molar-refractivity contribution in [1.82, 2.24) is 10.6 Å². The van der Waals surface area contributed by atoms with E-state index >= 15 is 0 Å². The molecule has 12 heteroatoms. The smallest absolute Gasteiger partial charge is 0.325 e. The van der Waals surface area contributed by atoms with Gasteiger partial charge in [0.1, 0.15) is 12.1 Å². The average Bonchev–Trinajstić information content (AvgIpc) is 3.10. The summed E-state index contributed by atoms with van der Waals surface area (Å²) >= 11 is 0. The molecule has 5 rings (SSSR count). The molecule has 2 bridgehead atoms. The standard InChI is InChI=1S/C28H44N2O10/c1-14(2)13-20(23(33)29-17(5)24(34)35)30-21(31)9-10-22(32)36-25-16(4)19-8-7-15(3)18-11-12-27(6)38-26(37-25)28(18,19)40-39-27/h14-20,25-26H,7-13H2,1-6H3,(H,29,33)(H,30,31)(H,34,35)/t15-,16-,17+,18+,19+,20+,25-,26-,27?,28-/m1/s1. The number of ether oxygens (including phenoxy) is 3. The number of nitrogens with one attached hydrogen (secondary N) is 2. The number of carboxylic acid groups (broad SMARTS) is 1. The van der Waals surface area contributed by atoms with Crippen molar-refractivity contribution in [2.75, 3.05) is 0 Å². The maximum absolute atomic E-state index is 12.8. The summed E-state index contributed by atoms with van der Waals surface area (Å²) < 4.78 is 18.3. The molecule has 226 valence electrons. The van der Waals surface area contributed by atoms with Gasteiger partial charge < -0.3 is 30.0 Å². The lowest BCUT2D eigenvalue weighted by atomic mass is 9.58. The van der Waals surface area contributed by atoms with Gasteiger partial charge in [0.15, 0.2) is 11.9 Å². The minimum Gasteiger partial charge on any atom is -0.480 e. The van der Waals surface area contributed by atoms with Gasteiger partial charge in [-0.15, -0.1) is 0 Å². The number of hydrogen-bond acceptors (Lipinski definition) is 9. The van der Waals surface area contributed by atoms with Crippen LogP contribution in [0.5, 0.6) is 0 Å². The van der Waals surface area contributed by atoms with Crippen LogP contribution in [0.15, 0.2) is 0 Å². The van der Waals surface area contributed by atoms with Crippen molar-refractivity contribution in [1.29, 1.82) is 0 Å². The molecule has 5 fully saturated rings. The first-order valence-electron chi connectivity index (χ1n) is 14.5. The molecular formula is C28H44N2O10. The quantitative estimate of drug-likeness (QED) is 0.264. The van der Waals surface area contributed by atoms with Gasteiger partial charge in [0.25, 0.3) is 0 Å². The second kappa shape index (κ2) is 11.9. The first kappa shape index (κ1) is 30.7. The van der Waals surface area contributed by atoms with Crippen LogP contribution in [0.3, 0.4) is 0 Å². The molecule has 5 aliphatic rings. The van der Waals surface area contributed by atoms with E-state index in [1.807, 2.05) is 27.7 Å². The monoisotopic (exact) mass is 568 g/mol. The Morgan fingerprint density at radius 2 is 1.73 bits per heavy atom. The highest BCUT2D eigenvalue weighted by Crippen LogP contribution is 2.60. The van der Waals surface area contributed by atoms with Gasteiger partial charge in [-0.1, -0.05) is 27.7 Å². The predicted molar refractivity (Wildman–Crippen MR) is 139 cm³/mol. The molecule has 0 radical (unpaired) electrons. The number of amides is 2. The first-order valence-corrected chi connectivity index (χ1v) is 14.5. The summed E-state index contributed by atoms with van der Waals surface area (Å²) in [6, 6.07) is -2.02. The molecule has 3 N–H and O–H groups in total. The third-order valence-corrected chi connectivity index (χ3v) is 8.99. The fourth-order valence-electron chi connectivity index (χ4n) is 6.76. The molecule has 0 aromatic carbocycles. The van der Waals surface area contributed by atoms with Crippen molar-refractivity contribution >= 4 is 23.8 Å². The van der Waals surface area contributed by atoms with E-state index in [0.29, 0.717) is 18.8 Å². The SMILES string of the molecule is CC(C)C[C@H](NC(=O)CCC(=O)O[C@@H]1O[C@@H]2OC3(C)CC[C@H]4[C@H](C)CC[C@@H]([C@H]1C)[C@@]24OO3)C(=O)N[C@@H](C)C(=O)O. The highest BCUT2D eigenvalue weighted by atomic mass is 17.3. The molecular weight excluding hydrogens is 524 g/mol. The molecule has 4 saturated heterocycles. The van der Waals surface area contributed by atoms with Crippen molar-refractivity contribution in [3.05, 3.63) is 0 Å². The number of carbonyl (C=O) groups is 4. The van der Waals surface area contributed by atoms with Crippen LogP contribution in [-0.2, 0) is 43.2 Å². The number of aliphatic carboxylic acids is 1. The number of hydrogen-bond donors (Lipinski definition) is 3. The van der Waals surface area contributed by atoms with Crippen LogP contribution in [0, 0.1) is 29.6 Å². The molecule has 1 unspecified atom stereocenters. The van der Waals surface area contributed by atoms with Gasteiger partial charge in [-0.25, -0.2) is 9.78 Å². The Morgan fingerprint density at radius 1 is 1.00 bits per heavy atom. The molecule has 40 heavy (non-hydrogen) atoms. The summed E-state index contributed by atoms with van der Waals surface area (Å²) in [5.41, 5.74) is -0.764.